The van der Waals surface area contributed by atoms with E-state index in [1.54, 1.807) is 0 Å². The highest BCUT2D eigenvalue weighted by molar-refractivity contribution is 6.00. The summed E-state index contributed by atoms with van der Waals surface area (Å²) >= 11 is 0. The van der Waals surface area contributed by atoms with E-state index in [0.717, 1.165) is 6.07 Å². The Morgan fingerprint density at radius 3 is 2.13 bits per heavy atom. The number of hydrogen-bond acceptors (Lipinski definition) is 1. The molecule has 0 heterocycles. The topological polar surface area (TPSA) is 17.1 Å². The Kier molecular flexibility index (Phi) is 2.79. The zero-order valence-electron chi connectivity index (χ0n) is 7.45. The average Bonchev–Trinajstić information content (AvgIpc) is 2.12. The predicted octanol–water partition coefficient (Wildman–Crippen LogP) is 3.02. The normalized spacial score (nSPS) is 11.6. The van der Waals surface area contributed by atoms with Crippen LogP contribution in [0.2, 0.25) is 0 Å². The van der Waals surface area contributed by atoms with E-state index >= 15 is 0 Å². The molecule has 1 nitrogen and oxygen atoms in total. The lowest BCUT2D eigenvalue weighted by molar-refractivity contribution is -0.0887. The van der Waals surface area contributed by atoms with Gasteiger partial charge in [-0.15, -0.1) is 0 Å². The third kappa shape index (κ3) is 2.14. The number of rotatable bonds is 1. The lowest BCUT2D eigenvalue weighted by atomic mass is 10.1. The van der Waals surface area contributed by atoms with Gasteiger partial charge in [-0.2, -0.15) is 13.2 Å². The van der Waals surface area contributed by atoms with Gasteiger partial charge in [0.25, 0.3) is 5.78 Å². The van der Waals surface area contributed by atoms with E-state index in [1.165, 1.54) is 6.92 Å². The maximum Gasteiger partial charge on any atom is 0.454 e. The lowest BCUT2D eigenvalue weighted by Crippen LogP contribution is -2.24. The Labute approximate surface area is 81.5 Å². The van der Waals surface area contributed by atoms with Crippen molar-refractivity contribution in [1.29, 1.82) is 0 Å². The average molecular weight is 224 g/mol. The number of Topliss-reactive ketones (excluding diaryl/α,β-unsaturated/α-hetero) is 1. The molecule has 0 radical (unpaired) electrons. The minimum absolute atomic E-state index is 0.161. The fourth-order valence-electron chi connectivity index (χ4n) is 0.974. The minimum Gasteiger partial charge on any atom is -0.284 e. The van der Waals surface area contributed by atoms with Crippen molar-refractivity contribution in [3.63, 3.8) is 0 Å². The Morgan fingerprint density at radius 2 is 1.67 bits per heavy atom. The smallest absolute Gasteiger partial charge is 0.284 e. The molecule has 6 heteroatoms. The van der Waals surface area contributed by atoms with Crippen LogP contribution in [0.4, 0.5) is 22.0 Å². The third-order valence-electron chi connectivity index (χ3n) is 1.78. The SMILES string of the molecule is Cc1ccc(C(=O)C(F)(F)F)c(F)c1F. The zero-order valence-corrected chi connectivity index (χ0v) is 7.45. The van der Waals surface area contributed by atoms with Crippen LogP contribution in [0.25, 0.3) is 0 Å². The number of halogens is 5. The molecular weight excluding hydrogens is 219 g/mol. The van der Waals surface area contributed by atoms with Gasteiger partial charge in [0.15, 0.2) is 11.6 Å². The van der Waals surface area contributed by atoms with E-state index < -0.39 is 29.2 Å². The molecule has 82 valence electrons. The molecule has 1 aromatic rings. The van der Waals surface area contributed by atoms with Crippen LogP contribution < -0.4 is 0 Å². The number of benzene rings is 1. The number of alkyl halides is 3. The molecule has 0 unspecified atom stereocenters. The third-order valence-corrected chi connectivity index (χ3v) is 1.78. The fraction of sp³-hybridized carbons (Fsp3) is 0.222. The summed E-state index contributed by atoms with van der Waals surface area (Å²) in [6.45, 7) is 1.18. The van der Waals surface area contributed by atoms with Crippen molar-refractivity contribution in [2.75, 3.05) is 0 Å². The molecule has 0 amide bonds. The van der Waals surface area contributed by atoms with Crippen LogP contribution in [-0.2, 0) is 0 Å². The van der Waals surface area contributed by atoms with E-state index in [2.05, 4.69) is 0 Å². The van der Waals surface area contributed by atoms with Gasteiger partial charge in [-0.1, -0.05) is 6.07 Å². The van der Waals surface area contributed by atoms with Gasteiger partial charge in [0, 0.05) is 0 Å². The summed E-state index contributed by atoms with van der Waals surface area (Å²) in [5.41, 5.74) is -1.46. The minimum atomic E-state index is -5.21. The summed E-state index contributed by atoms with van der Waals surface area (Å²) in [6.07, 6.45) is -5.21. The molecule has 0 aliphatic heterocycles. The van der Waals surface area contributed by atoms with E-state index in [9.17, 15) is 26.7 Å². The van der Waals surface area contributed by atoms with Crippen LogP contribution in [0.3, 0.4) is 0 Å². The molecule has 0 fully saturated rings. The van der Waals surface area contributed by atoms with Crippen LogP contribution in [0.1, 0.15) is 15.9 Å². The fourth-order valence-corrected chi connectivity index (χ4v) is 0.974. The first-order valence-corrected chi connectivity index (χ1v) is 3.81. The molecule has 0 aliphatic rings. The first-order valence-electron chi connectivity index (χ1n) is 3.81. The Morgan fingerprint density at radius 1 is 1.13 bits per heavy atom. The van der Waals surface area contributed by atoms with E-state index in [1.807, 2.05) is 0 Å². The maximum absolute atomic E-state index is 12.9. The van der Waals surface area contributed by atoms with Crippen LogP contribution in [-0.4, -0.2) is 12.0 Å². The van der Waals surface area contributed by atoms with Gasteiger partial charge in [-0.05, 0) is 18.6 Å². The Hall–Kier alpha value is -1.46. The summed E-state index contributed by atoms with van der Waals surface area (Å²) in [5, 5.41) is 0. The van der Waals surface area contributed by atoms with Gasteiger partial charge in [0.05, 0.1) is 5.56 Å². The molecular formula is C9H5F5O. The number of aryl methyl sites for hydroxylation is 1. The Bertz CT molecular complexity index is 408. The van der Waals surface area contributed by atoms with Crippen LogP contribution in [0, 0.1) is 18.6 Å². The van der Waals surface area contributed by atoms with Crippen molar-refractivity contribution in [2.45, 2.75) is 13.1 Å². The van der Waals surface area contributed by atoms with Crippen LogP contribution in [0.15, 0.2) is 12.1 Å². The second-order valence-corrected chi connectivity index (χ2v) is 2.88. The molecule has 0 aliphatic carbocycles. The van der Waals surface area contributed by atoms with E-state index in [-0.39, 0.29) is 5.56 Å². The van der Waals surface area contributed by atoms with Gasteiger partial charge < -0.3 is 0 Å². The van der Waals surface area contributed by atoms with E-state index in [4.69, 9.17) is 0 Å². The maximum atomic E-state index is 12.9. The zero-order chi connectivity index (χ0) is 11.8. The summed E-state index contributed by atoms with van der Waals surface area (Å²) in [4.78, 5) is 10.6. The number of carbonyl (C=O) groups excluding carboxylic acids is 1. The van der Waals surface area contributed by atoms with Crippen molar-refractivity contribution in [2.24, 2.45) is 0 Å². The molecule has 0 bridgehead atoms. The molecule has 1 aromatic carbocycles. The van der Waals surface area contributed by atoms with Crippen molar-refractivity contribution in [1.82, 2.24) is 0 Å². The van der Waals surface area contributed by atoms with Crippen LogP contribution in [0.5, 0.6) is 0 Å². The van der Waals surface area contributed by atoms with Crippen molar-refractivity contribution >= 4 is 5.78 Å². The van der Waals surface area contributed by atoms with Crippen molar-refractivity contribution < 1.29 is 26.7 Å². The van der Waals surface area contributed by atoms with Gasteiger partial charge in [-0.3, -0.25) is 4.79 Å². The number of carbonyl (C=O) groups is 1. The molecule has 0 atom stereocenters. The predicted molar refractivity (Wildman–Crippen MR) is 41.5 cm³/mol. The second kappa shape index (κ2) is 3.60. The molecule has 0 saturated carbocycles. The monoisotopic (exact) mass is 224 g/mol. The Balaban J connectivity index is 3.29. The highest BCUT2D eigenvalue weighted by atomic mass is 19.4. The largest absolute Gasteiger partial charge is 0.454 e. The highest BCUT2D eigenvalue weighted by Gasteiger charge is 2.41. The number of ketones is 1. The van der Waals surface area contributed by atoms with E-state index in [0.29, 0.717) is 6.07 Å². The van der Waals surface area contributed by atoms with Crippen LogP contribution >= 0.6 is 0 Å². The standard InChI is InChI=1S/C9H5F5O/c1-4-2-3-5(7(11)6(4)10)8(15)9(12,13)14/h2-3H,1H3. The summed E-state index contributed by atoms with van der Waals surface area (Å²) in [5.74, 6) is -5.60. The lowest BCUT2D eigenvalue weighted by Gasteiger charge is -2.07. The molecule has 0 N–H and O–H groups in total. The van der Waals surface area contributed by atoms with Crippen molar-refractivity contribution in [3.8, 4) is 0 Å². The number of hydrogen-bond donors (Lipinski definition) is 0. The summed E-state index contributed by atoms with van der Waals surface area (Å²) in [6, 6.07) is 1.53. The quantitative estimate of drug-likeness (QED) is 0.529. The first-order chi connectivity index (χ1) is 6.75. The van der Waals surface area contributed by atoms with Gasteiger partial charge in [0.1, 0.15) is 0 Å². The summed E-state index contributed by atoms with van der Waals surface area (Å²) < 4.78 is 61.5. The molecule has 0 spiro atoms. The molecule has 1 rings (SSSR count). The molecule has 0 aromatic heterocycles. The second-order valence-electron chi connectivity index (χ2n) is 2.88. The first kappa shape index (κ1) is 11.6. The van der Waals surface area contributed by atoms with Gasteiger partial charge in [0.2, 0.25) is 0 Å². The van der Waals surface area contributed by atoms with Crippen molar-refractivity contribution in [3.05, 3.63) is 34.9 Å². The highest BCUT2D eigenvalue weighted by Crippen LogP contribution is 2.25. The molecule has 15 heavy (non-hydrogen) atoms. The summed E-state index contributed by atoms with van der Waals surface area (Å²) in [7, 11) is 0. The van der Waals surface area contributed by atoms with Gasteiger partial charge in [-0.25, -0.2) is 8.78 Å². The molecule has 0 saturated heterocycles. The van der Waals surface area contributed by atoms with Gasteiger partial charge >= 0.3 is 6.18 Å².